The maximum Gasteiger partial charge on any atom is 0.416 e. The van der Waals surface area contributed by atoms with Gasteiger partial charge in [0.1, 0.15) is 0 Å². The summed E-state index contributed by atoms with van der Waals surface area (Å²) < 4.78 is 38.4. The van der Waals surface area contributed by atoms with E-state index in [4.69, 9.17) is 5.73 Å². The first-order valence-corrected chi connectivity index (χ1v) is 6.48. The second kappa shape index (κ2) is 5.02. The van der Waals surface area contributed by atoms with Gasteiger partial charge in [-0.1, -0.05) is 6.07 Å². The number of benzene rings is 1. The highest BCUT2D eigenvalue weighted by Crippen LogP contribution is 2.40. The number of aliphatic hydroxyl groups excluding tert-OH is 1. The number of nitrogens with two attached hydrogens (primary N) is 1. The quantitative estimate of drug-likeness (QED) is 0.897. The standard InChI is InChI=1S/C14H19F3N2O/c1-13(2,8-20)19-7-9-3-4-10(14(15,16)17)5-11(9)12(19)6-18/h3-5,12,20H,6-8,18H2,1-2H3. The van der Waals surface area contributed by atoms with Gasteiger partial charge in [0.25, 0.3) is 0 Å². The van der Waals surface area contributed by atoms with Crippen molar-refractivity contribution in [2.24, 2.45) is 5.73 Å². The van der Waals surface area contributed by atoms with Crippen LogP contribution < -0.4 is 5.73 Å². The molecule has 1 aliphatic rings. The van der Waals surface area contributed by atoms with Crippen LogP contribution in [0.15, 0.2) is 18.2 Å². The Morgan fingerprint density at radius 3 is 2.50 bits per heavy atom. The first-order chi connectivity index (χ1) is 9.20. The van der Waals surface area contributed by atoms with Crippen molar-refractivity contribution < 1.29 is 18.3 Å². The van der Waals surface area contributed by atoms with Crippen LogP contribution >= 0.6 is 0 Å². The van der Waals surface area contributed by atoms with Crippen LogP contribution in [0.4, 0.5) is 13.2 Å². The topological polar surface area (TPSA) is 49.5 Å². The molecule has 0 fully saturated rings. The Kier molecular flexibility index (Phi) is 3.83. The Balaban J connectivity index is 2.42. The minimum atomic E-state index is -4.35. The fourth-order valence-electron chi connectivity index (χ4n) is 2.67. The van der Waals surface area contributed by atoms with Crippen molar-refractivity contribution in [3.63, 3.8) is 0 Å². The third-order valence-electron chi connectivity index (χ3n) is 3.94. The summed E-state index contributed by atoms with van der Waals surface area (Å²) in [5, 5.41) is 9.47. The largest absolute Gasteiger partial charge is 0.416 e. The molecule has 0 aromatic heterocycles. The molecule has 3 nitrogen and oxygen atoms in total. The predicted molar refractivity (Wildman–Crippen MR) is 69.9 cm³/mol. The summed E-state index contributed by atoms with van der Waals surface area (Å²) >= 11 is 0. The number of fused-ring (bicyclic) bond motifs is 1. The third kappa shape index (κ3) is 2.55. The van der Waals surface area contributed by atoms with Gasteiger partial charge >= 0.3 is 6.18 Å². The highest BCUT2D eigenvalue weighted by Gasteiger charge is 2.40. The van der Waals surface area contributed by atoms with Crippen LogP contribution in [0.1, 0.15) is 36.6 Å². The van der Waals surface area contributed by atoms with Crippen molar-refractivity contribution in [1.29, 1.82) is 0 Å². The fraction of sp³-hybridized carbons (Fsp3) is 0.571. The number of nitrogens with zero attached hydrogens (tertiary/aromatic N) is 1. The van der Waals surface area contributed by atoms with E-state index in [9.17, 15) is 18.3 Å². The molecule has 0 saturated carbocycles. The Hall–Kier alpha value is -1.11. The zero-order valence-electron chi connectivity index (χ0n) is 11.5. The molecule has 1 unspecified atom stereocenters. The smallest absolute Gasteiger partial charge is 0.394 e. The van der Waals surface area contributed by atoms with Gasteiger partial charge in [0.15, 0.2) is 0 Å². The van der Waals surface area contributed by atoms with Crippen LogP contribution in [0.5, 0.6) is 0 Å². The van der Waals surface area contributed by atoms with E-state index in [1.54, 1.807) is 0 Å². The molecule has 1 heterocycles. The van der Waals surface area contributed by atoms with Crippen LogP contribution in [0.25, 0.3) is 0 Å². The van der Waals surface area contributed by atoms with Crippen molar-refractivity contribution in [3.05, 3.63) is 34.9 Å². The molecule has 0 bridgehead atoms. The van der Waals surface area contributed by atoms with E-state index in [0.29, 0.717) is 12.1 Å². The average Bonchev–Trinajstić information content (AvgIpc) is 2.75. The predicted octanol–water partition coefficient (Wildman–Crippen LogP) is 2.29. The summed E-state index contributed by atoms with van der Waals surface area (Å²) in [6.07, 6.45) is -4.35. The molecule has 6 heteroatoms. The van der Waals surface area contributed by atoms with Crippen LogP contribution in [0.3, 0.4) is 0 Å². The van der Waals surface area contributed by atoms with E-state index in [2.05, 4.69) is 0 Å². The minimum Gasteiger partial charge on any atom is -0.394 e. The zero-order chi connectivity index (χ0) is 15.1. The van der Waals surface area contributed by atoms with Gasteiger partial charge < -0.3 is 10.8 Å². The van der Waals surface area contributed by atoms with Gasteiger partial charge in [-0.3, -0.25) is 4.90 Å². The molecule has 2 rings (SSSR count). The van der Waals surface area contributed by atoms with Gasteiger partial charge in [0.2, 0.25) is 0 Å². The summed E-state index contributed by atoms with van der Waals surface area (Å²) in [6.45, 7) is 4.35. The lowest BCUT2D eigenvalue weighted by molar-refractivity contribution is -0.137. The van der Waals surface area contributed by atoms with Gasteiger partial charge in [0, 0.05) is 24.7 Å². The van der Waals surface area contributed by atoms with Gasteiger partial charge in [-0.25, -0.2) is 0 Å². The number of aliphatic hydroxyl groups is 1. The van der Waals surface area contributed by atoms with Gasteiger partial charge in [0.05, 0.1) is 12.2 Å². The Morgan fingerprint density at radius 1 is 1.35 bits per heavy atom. The molecule has 0 spiro atoms. The number of hydrogen-bond donors (Lipinski definition) is 2. The first kappa shape index (κ1) is 15.3. The SMILES string of the molecule is CC(C)(CO)N1Cc2ccc(C(F)(F)F)cc2C1CN. The lowest BCUT2D eigenvalue weighted by Crippen LogP contribution is -2.47. The normalized spacial score (nSPS) is 20.2. The number of alkyl halides is 3. The van der Waals surface area contributed by atoms with Crippen molar-refractivity contribution in [1.82, 2.24) is 4.90 Å². The van der Waals surface area contributed by atoms with E-state index in [0.717, 1.165) is 11.6 Å². The van der Waals surface area contributed by atoms with Gasteiger partial charge in [-0.05, 0) is 37.1 Å². The summed E-state index contributed by atoms with van der Waals surface area (Å²) in [4.78, 5) is 1.96. The van der Waals surface area contributed by atoms with E-state index in [1.165, 1.54) is 12.1 Å². The summed E-state index contributed by atoms with van der Waals surface area (Å²) in [5.74, 6) is 0. The number of hydrogen-bond acceptors (Lipinski definition) is 3. The number of rotatable bonds is 3. The molecule has 0 radical (unpaired) electrons. The summed E-state index contributed by atoms with van der Waals surface area (Å²) in [7, 11) is 0. The molecule has 112 valence electrons. The second-order valence-electron chi connectivity index (χ2n) is 5.76. The van der Waals surface area contributed by atoms with Crippen molar-refractivity contribution in [2.45, 2.75) is 38.1 Å². The van der Waals surface area contributed by atoms with Gasteiger partial charge in [-0.2, -0.15) is 13.2 Å². The molecule has 1 aromatic carbocycles. The zero-order valence-corrected chi connectivity index (χ0v) is 11.5. The maximum absolute atomic E-state index is 12.8. The number of halogens is 3. The molecule has 0 aliphatic carbocycles. The highest BCUT2D eigenvalue weighted by atomic mass is 19.4. The molecule has 1 atom stereocenters. The Labute approximate surface area is 116 Å². The van der Waals surface area contributed by atoms with Crippen molar-refractivity contribution in [3.8, 4) is 0 Å². The monoisotopic (exact) mass is 288 g/mol. The van der Waals surface area contributed by atoms with Crippen LogP contribution in [0, 0.1) is 0 Å². The Morgan fingerprint density at radius 2 is 2.00 bits per heavy atom. The minimum absolute atomic E-state index is 0.0797. The van der Waals surface area contributed by atoms with E-state index < -0.39 is 17.3 Å². The highest BCUT2D eigenvalue weighted by molar-refractivity contribution is 5.39. The van der Waals surface area contributed by atoms with Crippen molar-refractivity contribution >= 4 is 0 Å². The Bertz CT molecular complexity index is 500. The van der Waals surface area contributed by atoms with Crippen LogP contribution in [-0.4, -0.2) is 28.7 Å². The molecular weight excluding hydrogens is 269 g/mol. The maximum atomic E-state index is 12.8. The van der Waals surface area contributed by atoms with E-state index in [-0.39, 0.29) is 19.2 Å². The molecule has 3 N–H and O–H groups in total. The lowest BCUT2D eigenvalue weighted by atomic mass is 9.99. The molecule has 0 amide bonds. The van der Waals surface area contributed by atoms with E-state index >= 15 is 0 Å². The van der Waals surface area contributed by atoms with Gasteiger partial charge in [-0.15, -0.1) is 0 Å². The molecule has 1 aromatic rings. The molecular formula is C14H19F3N2O. The van der Waals surface area contributed by atoms with Crippen LogP contribution in [-0.2, 0) is 12.7 Å². The third-order valence-corrected chi connectivity index (χ3v) is 3.94. The summed E-state index contributed by atoms with van der Waals surface area (Å²) in [6, 6.07) is 3.49. The van der Waals surface area contributed by atoms with Crippen LogP contribution in [0.2, 0.25) is 0 Å². The molecule has 20 heavy (non-hydrogen) atoms. The van der Waals surface area contributed by atoms with Crippen molar-refractivity contribution in [2.75, 3.05) is 13.2 Å². The molecule has 1 aliphatic heterocycles. The molecule has 0 saturated heterocycles. The lowest BCUT2D eigenvalue weighted by Gasteiger charge is -2.38. The average molecular weight is 288 g/mol. The van der Waals surface area contributed by atoms with E-state index in [1.807, 2.05) is 18.7 Å². The first-order valence-electron chi connectivity index (χ1n) is 6.48. The fourth-order valence-corrected chi connectivity index (χ4v) is 2.67. The second-order valence-corrected chi connectivity index (χ2v) is 5.76. The summed E-state index contributed by atoms with van der Waals surface area (Å²) in [5.41, 5.74) is 6.02.